The standard InChI is InChI=1S/C14H23NO4/c1-15-11-12-4-5-13(18-8-6-16-2)14(10-12)19-9-7-17-3/h4-5,10,15H,6-9,11H2,1-3H3. The summed E-state index contributed by atoms with van der Waals surface area (Å²) in [6.45, 7) is 2.89. The van der Waals surface area contributed by atoms with Gasteiger partial charge in [0.05, 0.1) is 13.2 Å². The lowest BCUT2D eigenvalue weighted by molar-refractivity contribution is 0.132. The number of nitrogens with one attached hydrogen (secondary N) is 1. The van der Waals surface area contributed by atoms with Gasteiger partial charge in [-0.3, -0.25) is 0 Å². The minimum atomic E-state index is 0.500. The summed E-state index contributed by atoms with van der Waals surface area (Å²) in [5.74, 6) is 1.47. The fraction of sp³-hybridized carbons (Fsp3) is 0.571. The molecule has 0 amide bonds. The Bertz CT molecular complexity index is 357. The van der Waals surface area contributed by atoms with E-state index >= 15 is 0 Å². The van der Waals surface area contributed by atoms with Gasteiger partial charge >= 0.3 is 0 Å². The molecule has 0 aromatic heterocycles. The summed E-state index contributed by atoms with van der Waals surface area (Å²) >= 11 is 0. The van der Waals surface area contributed by atoms with Gasteiger partial charge in [0.2, 0.25) is 0 Å². The van der Waals surface area contributed by atoms with Crippen LogP contribution in [0.4, 0.5) is 0 Å². The minimum absolute atomic E-state index is 0.500. The normalized spacial score (nSPS) is 10.5. The summed E-state index contributed by atoms with van der Waals surface area (Å²) in [5.41, 5.74) is 1.15. The quantitative estimate of drug-likeness (QED) is 0.652. The molecule has 0 aliphatic carbocycles. The van der Waals surface area contributed by atoms with Crippen molar-refractivity contribution in [3.05, 3.63) is 23.8 Å². The van der Waals surface area contributed by atoms with Crippen molar-refractivity contribution in [2.24, 2.45) is 0 Å². The Morgan fingerprint density at radius 1 is 0.895 bits per heavy atom. The van der Waals surface area contributed by atoms with Crippen LogP contribution >= 0.6 is 0 Å². The molecule has 0 radical (unpaired) electrons. The zero-order valence-electron chi connectivity index (χ0n) is 11.9. The molecule has 1 rings (SSSR count). The average Bonchev–Trinajstić information content (AvgIpc) is 2.42. The van der Waals surface area contributed by atoms with Crippen molar-refractivity contribution in [2.75, 3.05) is 47.7 Å². The van der Waals surface area contributed by atoms with Crippen molar-refractivity contribution < 1.29 is 18.9 Å². The Balaban J connectivity index is 2.69. The van der Waals surface area contributed by atoms with Crippen LogP contribution in [0.15, 0.2) is 18.2 Å². The molecule has 0 aliphatic rings. The number of ether oxygens (including phenoxy) is 4. The largest absolute Gasteiger partial charge is 0.487 e. The number of hydrogen-bond donors (Lipinski definition) is 1. The highest BCUT2D eigenvalue weighted by Crippen LogP contribution is 2.28. The van der Waals surface area contributed by atoms with Crippen LogP contribution in [0.3, 0.4) is 0 Å². The average molecular weight is 269 g/mol. The van der Waals surface area contributed by atoms with Gasteiger partial charge in [-0.1, -0.05) is 6.07 Å². The number of hydrogen-bond acceptors (Lipinski definition) is 5. The molecule has 0 aliphatic heterocycles. The topological polar surface area (TPSA) is 49.0 Å². The highest BCUT2D eigenvalue weighted by atomic mass is 16.5. The van der Waals surface area contributed by atoms with E-state index < -0.39 is 0 Å². The Labute approximate surface area is 114 Å². The first-order valence-corrected chi connectivity index (χ1v) is 6.32. The van der Waals surface area contributed by atoms with E-state index in [-0.39, 0.29) is 0 Å². The summed E-state index contributed by atoms with van der Waals surface area (Å²) in [7, 11) is 5.21. The van der Waals surface area contributed by atoms with Gasteiger partial charge in [-0.25, -0.2) is 0 Å². The van der Waals surface area contributed by atoms with Gasteiger partial charge in [0.15, 0.2) is 11.5 Å². The molecule has 1 aromatic rings. The van der Waals surface area contributed by atoms with Crippen LogP contribution < -0.4 is 14.8 Å². The molecule has 0 saturated heterocycles. The molecule has 19 heavy (non-hydrogen) atoms. The Kier molecular flexibility index (Phi) is 7.97. The SMILES string of the molecule is CNCc1ccc(OCCOC)c(OCCOC)c1. The lowest BCUT2D eigenvalue weighted by Gasteiger charge is -2.14. The third-order valence-corrected chi connectivity index (χ3v) is 2.48. The highest BCUT2D eigenvalue weighted by molar-refractivity contribution is 5.43. The van der Waals surface area contributed by atoms with E-state index in [1.54, 1.807) is 14.2 Å². The van der Waals surface area contributed by atoms with Crippen LogP contribution in [0.2, 0.25) is 0 Å². The van der Waals surface area contributed by atoms with Crippen molar-refractivity contribution in [3.63, 3.8) is 0 Å². The van der Waals surface area contributed by atoms with Gasteiger partial charge in [-0.05, 0) is 24.7 Å². The maximum atomic E-state index is 5.68. The molecule has 0 bridgehead atoms. The van der Waals surface area contributed by atoms with Crippen molar-refractivity contribution in [3.8, 4) is 11.5 Å². The third kappa shape index (κ3) is 5.92. The van der Waals surface area contributed by atoms with E-state index in [1.807, 2.05) is 25.2 Å². The zero-order valence-corrected chi connectivity index (χ0v) is 11.9. The highest BCUT2D eigenvalue weighted by Gasteiger charge is 2.07. The second-order valence-corrected chi connectivity index (χ2v) is 3.99. The molecule has 1 aromatic carbocycles. The van der Waals surface area contributed by atoms with Crippen LogP contribution in [-0.2, 0) is 16.0 Å². The monoisotopic (exact) mass is 269 g/mol. The molecule has 0 spiro atoms. The molecule has 0 unspecified atom stereocenters. The van der Waals surface area contributed by atoms with Gasteiger partial charge in [0, 0.05) is 20.8 Å². The van der Waals surface area contributed by atoms with Crippen LogP contribution in [-0.4, -0.2) is 47.7 Å². The van der Waals surface area contributed by atoms with Crippen molar-refractivity contribution in [1.29, 1.82) is 0 Å². The molecule has 108 valence electrons. The fourth-order valence-electron chi connectivity index (χ4n) is 1.57. The maximum absolute atomic E-state index is 5.68. The fourth-order valence-corrected chi connectivity index (χ4v) is 1.57. The number of methoxy groups -OCH3 is 2. The van der Waals surface area contributed by atoms with Crippen molar-refractivity contribution >= 4 is 0 Å². The smallest absolute Gasteiger partial charge is 0.161 e. The summed E-state index contributed by atoms with van der Waals surface area (Å²) < 4.78 is 21.3. The lowest BCUT2D eigenvalue weighted by Crippen LogP contribution is -2.10. The molecule has 0 saturated carbocycles. The predicted octanol–water partition coefficient (Wildman–Crippen LogP) is 1.46. The van der Waals surface area contributed by atoms with Crippen LogP contribution in [0.1, 0.15) is 5.56 Å². The maximum Gasteiger partial charge on any atom is 0.161 e. The zero-order chi connectivity index (χ0) is 13.9. The van der Waals surface area contributed by atoms with E-state index in [4.69, 9.17) is 18.9 Å². The summed E-state index contributed by atoms with van der Waals surface area (Å²) in [6, 6.07) is 5.92. The Morgan fingerprint density at radius 3 is 2.11 bits per heavy atom. The first-order valence-electron chi connectivity index (χ1n) is 6.32. The summed E-state index contributed by atoms with van der Waals surface area (Å²) in [6.07, 6.45) is 0. The summed E-state index contributed by atoms with van der Waals surface area (Å²) in [4.78, 5) is 0. The lowest BCUT2D eigenvalue weighted by atomic mass is 10.2. The van der Waals surface area contributed by atoms with Crippen molar-refractivity contribution in [1.82, 2.24) is 5.32 Å². The Hall–Kier alpha value is -1.30. The van der Waals surface area contributed by atoms with Crippen LogP contribution in [0, 0.1) is 0 Å². The molecule has 5 heteroatoms. The second-order valence-electron chi connectivity index (χ2n) is 3.99. The van der Waals surface area contributed by atoms with Gasteiger partial charge in [0.25, 0.3) is 0 Å². The van der Waals surface area contributed by atoms with Gasteiger partial charge in [0.1, 0.15) is 13.2 Å². The minimum Gasteiger partial charge on any atom is -0.487 e. The number of rotatable bonds is 10. The molecule has 0 atom stereocenters. The molecule has 1 N–H and O–H groups in total. The second kappa shape index (κ2) is 9.61. The molecular formula is C14H23NO4. The first kappa shape index (κ1) is 15.8. The third-order valence-electron chi connectivity index (χ3n) is 2.48. The predicted molar refractivity (Wildman–Crippen MR) is 73.9 cm³/mol. The molecule has 0 heterocycles. The molecule has 0 fully saturated rings. The van der Waals surface area contributed by atoms with E-state index in [1.165, 1.54) is 0 Å². The van der Waals surface area contributed by atoms with E-state index in [2.05, 4.69) is 5.32 Å². The summed E-state index contributed by atoms with van der Waals surface area (Å²) in [5, 5.41) is 3.11. The molecule has 5 nitrogen and oxygen atoms in total. The first-order chi connectivity index (χ1) is 9.31. The van der Waals surface area contributed by atoms with E-state index in [0.29, 0.717) is 26.4 Å². The van der Waals surface area contributed by atoms with E-state index in [0.717, 1.165) is 23.6 Å². The van der Waals surface area contributed by atoms with Gasteiger partial charge in [-0.15, -0.1) is 0 Å². The van der Waals surface area contributed by atoms with Gasteiger partial charge < -0.3 is 24.3 Å². The van der Waals surface area contributed by atoms with E-state index in [9.17, 15) is 0 Å². The number of benzene rings is 1. The van der Waals surface area contributed by atoms with Crippen LogP contribution in [0.25, 0.3) is 0 Å². The van der Waals surface area contributed by atoms with Gasteiger partial charge in [-0.2, -0.15) is 0 Å². The van der Waals surface area contributed by atoms with Crippen LogP contribution in [0.5, 0.6) is 11.5 Å². The van der Waals surface area contributed by atoms with Crippen molar-refractivity contribution in [2.45, 2.75) is 6.54 Å². The molecular weight excluding hydrogens is 246 g/mol. The Morgan fingerprint density at radius 2 is 1.53 bits per heavy atom.